The predicted octanol–water partition coefficient (Wildman–Crippen LogP) is 2.43. The van der Waals surface area contributed by atoms with Gasteiger partial charge in [0, 0.05) is 38.6 Å². The second kappa shape index (κ2) is 7.00. The van der Waals surface area contributed by atoms with Crippen LogP contribution in [0.25, 0.3) is 0 Å². The molecule has 1 heterocycles. The fourth-order valence-corrected chi connectivity index (χ4v) is 2.73. The normalized spacial score (nSPS) is 19.1. The Labute approximate surface area is 140 Å². The smallest absolute Gasteiger partial charge is 0.320 e. The number of nitrogens with zero attached hydrogens (tertiary/aromatic N) is 2. The van der Waals surface area contributed by atoms with Crippen molar-refractivity contribution in [3.63, 3.8) is 0 Å². The number of ether oxygens (including phenoxy) is 1. The Morgan fingerprint density at radius 3 is 2.88 bits per heavy atom. The van der Waals surface area contributed by atoms with Crippen LogP contribution in [0.3, 0.4) is 0 Å². The number of amides is 2. The lowest BCUT2D eigenvalue weighted by atomic mass is 10.1. The molecule has 0 spiro atoms. The van der Waals surface area contributed by atoms with Crippen molar-refractivity contribution < 1.29 is 13.9 Å². The minimum Gasteiger partial charge on any atom is -0.384 e. The van der Waals surface area contributed by atoms with Gasteiger partial charge in [-0.1, -0.05) is 12.1 Å². The van der Waals surface area contributed by atoms with E-state index >= 15 is 0 Å². The summed E-state index contributed by atoms with van der Waals surface area (Å²) in [7, 11) is 3.42. The molecule has 7 heteroatoms. The van der Waals surface area contributed by atoms with E-state index in [1.807, 2.05) is 6.07 Å². The number of carbonyl (C=O) groups is 1. The van der Waals surface area contributed by atoms with Crippen LogP contribution < -0.4 is 10.6 Å². The molecule has 2 atom stereocenters. The van der Waals surface area contributed by atoms with Gasteiger partial charge in [-0.15, -0.1) is 0 Å². The fraction of sp³-hybridized carbons (Fsp3) is 0.412. The number of nitrogens with one attached hydrogen (secondary N) is 2. The average Bonchev–Trinajstić information content (AvgIpc) is 3.22. The number of aromatic nitrogens is 2. The molecule has 3 rings (SSSR count). The highest BCUT2D eigenvalue weighted by Crippen LogP contribution is 2.40. The summed E-state index contributed by atoms with van der Waals surface area (Å²) in [6.45, 7) is 0.587. The van der Waals surface area contributed by atoms with Gasteiger partial charge in [0.15, 0.2) is 0 Å². The van der Waals surface area contributed by atoms with Crippen molar-refractivity contribution >= 4 is 11.8 Å². The van der Waals surface area contributed by atoms with Gasteiger partial charge in [0.05, 0.1) is 12.3 Å². The molecule has 0 saturated heterocycles. The number of rotatable bonds is 6. The average molecular weight is 332 g/mol. The van der Waals surface area contributed by atoms with Crippen molar-refractivity contribution in [3.8, 4) is 0 Å². The standard InChI is InChI=1S/C17H21FN4O2/c1-22-16(9-13(21-22)7-8-24-2)20-17(23)19-15-10-14(15)11-3-5-12(18)6-4-11/h3-6,9,14-15H,7-8,10H2,1-2H3,(H2,19,20,23)/t14-,15+/m0/s1. The summed E-state index contributed by atoms with van der Waals surface area (Å²) in [4.78, 5) is 12.1. The van der Waals surface area contributed by atoms with Gasteiger partial charge in [-0.2, -0.15) is 5.10 Å². The molecular formula is C17H21FN4O2. The number of methoxy groups -OCH3 is 1. The van der Waals surface area contributed by atoms with Gasteiger partial charge in [0.25, 0.3) is 0 Å². The van der Waals surface area contributed by atoms with Crippen molar-refractivity contribution in [2.45, 2.75) is 24.8 Å². The van der Waals surface area contributed by atoms with Crippen molar-refractivity contribution in [2.24, 2.45) is 7.05 Å². The first kappa shape index (κ1) is 16.4. The molecule has 2 N–H and O–H groups in total. The van der Waals surface area contributed by atoms with E-state index in [1.54, 1.807) is 31.0 Å². The fourth-order valence-electron chi connectivity index (χ4n) is 2.73. The molecule has 1 aromatic carbocycles. The van der Waals surface area contributed by atoms with Crippen LogP contribution in [-0.4, -0.2) is 35.6 Å². The third kappa shape index (κ3) is 3.91. The van der Waals surface area contributed by atoms with E-state index in [0.29, 0.717) is 18.8 Å². The second-order valence-corrected chi connectivity index (χ2v) is 5.99. The Bertz CT molecular complexity index is 714. The lowest BCUT2D eigenvalue weighted by Crippen LogP contribution is -2.32. The van der Waals surface area contributed by atoms with Gasteiger partial charge in [0.1, 0.15) is 11.6 Å². The van der Waals surface area contributed by atoms with Crippen LogP contribution >= 0.6 is 0 Å². The molecule has 0 bridgehead atoms. The van der Waals surface area contributed by atoms with Gasteiger partial charge >= 0.3 is 6.03 Å². The molecule has 1 aliphatic rings. The lowest BCUT2D eigenvalue weighted by Gasteiger charge is -2.07. The van der Waals surface area contributed by atoms with E-state index in [4.69, 9.17) is 4.74 Å². The first-order valence-corrected chi connectivity index (χ1v) is 7.91. The number of halogens is 1. The monoisotopic (exact) mass is 332 g/mol. The van der Waals surface area contributed by atoms with Crippen LogP contribution in [0.2, 0.25) is 0 Å². The van der Waals surface area contributed by atoms with Gasteiger partial charge in [-0.05, 0) is 24.1 Å². The number of hydrogen-bond donors (Lipinski definition) is 2. The molecule has 24 heavy (non-hydrogen) atoms. The quantitative estimate of drug-likeness (QED) is 0.854. The second-order valence-electron chi connectivity index (χ2n) is 5.99. The number of aryl methyl sites for hydroxylation is 1. The molecular weight excluding hydrogens is 311 g/mol. The molecule has 0 radical (unpaired) electrons. The molecule has 1 aliphatic carbocycles. The van der Waals surface area contributed by atoms with E-state index in [-0.39, 0.29) is 23.8 Å². The van der Waals surface area contributed by atoms with Crippen molar-refractivity contribution in [1.82, 2.24) is 15.1 Å². The maximum absolute atomic E-state index is 12.9. The third-order valence-electron chi connectivity index (χ3n) is 4.14. The first-order valence-electron chi connectivity index (χ1n) is 7.91. The number of urea groups is 1. The first-order chi connectivity index (χ1) is 11.6. The van der Waals surface area contributed by atoms with Crippen LogP contribution in [0, 0.1) is 5.82 Å². The SMILES string of the molecule is COCCc1cc(NC(=O)N[C@@H]2C[C@H]2c2ccc(F)cc2)n(C)n1. The topological polar surface area (TPSA) is 68.2 Å². The van der Waals surface area contributed by atoms with Crippen LogP contribution in [0.15, 0.2) is 30.3 Å². The molecule has 1 fully saturated rings. The maximum atomic E-state index is 12.9. The molecule has 0 aliphatic heterocycles. The minimum atomic E-state index is -0.258. The lowest BCUT2D eigenvalue weighted by molar-refractivity contribution is 0.201. The highest BCUT2D eigenvalue weighted by molar-refractivity contribution is 5.89. The van der Waals surface area contributed by atoms with Crippen LogP contribution in [0.5, 0.6) is 0 Å². The zero-order valence-corrected chi connectivity index (χ0v) is 13.8. The molecule has 1 saturated carbocycles. The number of benzene rings is 1. The van der Waals surface area contributed by atoms with E-state index in [2.05, 4.69) is 15.7 Å². The Kier molecular flexibility index (Phi) is 4.80. The van der Waals surface area contributed by atoms with Crippen molar-refractivity contribution in [3.05, 3.63) is 47.4 Å². The zero-order chi connectivity index (χ0) is 17.1. The predicted molar refractivity (Wildman–Crippen MR) is 88.5 cm³/mol. The van der Waals surface area contributed by atoms with Gasteiger partial charge < -0.3 is 10.1 Å². The van der Waals surface area contributed by atoms with E-state index in [0.717, 1.165) is 17.7 Å². The van der Waals surface area contributed by atoms with Crippen LogP contribution in [0.4, 0.5) is 15.0 Å². The zero-order valence-electron chi connectivity index (χ0n) is 13.8. The van der Waals surface area contributed by atoms with Gasteiger partial charge in [0.2, 0.25) is 0 Å². The van der Waals surface area contributed by atoms with Crippen molar-refractivity contribution in [2.75, 3.05) is 19.0 Å². The molecule has 1 aromatic heterocycles. The number of carbonyl (C=O) groups excluding carboxylic acids is 1. The summed E-state index contributed by atoms with van der Waals surface area (Å²) in [5.41, 5.74) is 1.91. The number of hydrogen-bond acceptors (Lipinski definition) is 3. The minimum absolute atomic E-state index is 0.0802. The highest BCUT2D eigenvalue weighted by Gasteiger charge is 2.39. The molecule has 128 valence electrons. The summed E-state index contributed by atoms with van der Waals surface area (Å²) < 4.78 is 19.6. The Morgan fingerprint density at radius 2 is 2.17 bits per heavy atom. The molecule has 2 aromatic rings. The van der Waals surface area contributed by atoms with E-state index in [1.165, 1.54) is 12.1 Å². The summed E-state index contributed by atoms with van der Waals surface area (Å²) in [5, 5.41) is 10.1. The van der Waals surface area contributed by atoms with Gasteiger partial charge in [-0.25, -0.2) is 9.18 Å². The Morgan fingerprint density at radius 1 is 1.42 bits per heavy atom. The summed E-state index contributed by atoms with van der Waals surface area (Å²) in [5.74, 6) is 0.639. The van der Waals surface area contributed by atoms with Gasteiger partial charge in [-0.3, -0.25) is 10.00 Å². The van der Waals surface area contributed by atoms with Crippen molar-refractivity contribution in [1.29, 1.82) is 0 Å². The number of anilines is 1. The van der Waals surface area contributed by atoms with E-state index < -0.39 is 0 Å². The van der Waals surface area contributed by atoms with E-state index in [9.17, 15) is 9.18 Å². The summed E-state index contributed by atoms with van der Waals surface area (Å²) >= 11 is 0. The Hall–Kier alpha value is -2.41. The van der Waals surface area contributed by atoms with Crippen LogP contribution in [-0.2, 0) is 18.2 Å². The Balaban J connectivity index is 1.51. The summed E-state index contributed by atoms with van der Waals surface area (Å²) in [6.07, 6.45) is 1.56. The summed E-state index contributed by atoms with van der Waals surface area (Å²) in [6, 6.07) is 8.08. The third-order valence-corrected chi connectivity index (χ3v) is 4.14. The molecule has 0 unspecified atom stereocenters. The largest absolute Gasteiger partial charge is 0.384 e. The van der Waals surface area contributed by atoms with Crippen LogP contribution in [0.1, 0.15) is 23.6 Å². The maximum Gasteiger partial charge on any atom is 0.320 e. The highest BCUT2D eigenvalue weighted by atomic mass is 19.1. The molecule has 6 nitrogen and oxygen atoms in total. The molecule has 2 amide bonds.